The van der Waals surface area contributed by atoms with E-state index in [-0.39, 0.29) is 11.9 Å². The number of ether oxygens (including phenoxy) is 1. The van der Waals surface area contributed by atoms with Crippen LogP contribution >= 0.6 is 0 Å². The summed E-state index contributed by atoms with van der Waals surface area (Å²) < 4.78 is 18.7. The Morgan fingerprint density at radius 1 is 1.32 bits per heavy atom. The first kappa shape index (κ1) is 13.5. The van der Waals surface area contributed by atoms with E-state index in [4.69, 9.17) is 10.6 Å². The summed E-state index contributed by atoms with van der Waals surface area (Å²) in [6.07, 6.45) is 1.70. The molecule has 1 aromatic heterocycles. The van der Waals surface area contributed by atoms with Gasteiger partial charge in [-0.15, -0.1) is 0 Å². The minimum Gasteiger partial charge on any atom is -0.496 e. The fraction of sp³-hybridized carbons (Fsp3) is 0.214. The number of aryl methyl sites for hydroxylation is 1. The number of nitrogens with zero attached hydrogens (tertiary/aromatic N) is 1. The van der Waals surface area contributed by atoms with E-state index in [0.29, 0.717) is 11.3 Å². The first-order chi connectivity index (χ1) is 9.15. The highest BCUT2D eigenvalue weighted by molar-refractivity contribution is 5.41. The maximum absolute atomic E-state index is 13.4. The SMILES string of the molecule is COc1ccc(F)cc1C(NN)c1ccnc(C)c1. The van der Waals surface area contributed by atoms with Crippen molar-refractivity contribution in [2.24, 2.45) is 5.84 Å². The van der Waals surface area contributed by atoms with E-state index in [9.17, 15) is 4.39 Å². The number of aromatic nitrogens is 1. The Balaban J connectivity index is 2.50. The maximum atomic E-state index is 13.4. The molecule has 100 valence electrons. The van der Waals surface area contributed by atoms with Crippen LogP contribution in [0.15, 0.2) is 36.5 Å². The summed E-state index contributed by atoms with van der Waals surface area (Å²) in [7, 11) is 1.54. The molecule has 4 nitrogen and oxygen atoms in total. The zero-order valence-electron chi connectivity index (χ0n) is 10.9. The maximum Gasteiger partial charge on any atom is 0.124 e. The minimum atomic E-state index is -0.354. The first-order valence-corrected chi connectivity index (χ1v) is 5.88. The molecule has 1 aromatic carbocycles. The highest BCUT2D eigenvalue weighted by Gasteiger charge is 2.18. The molecule has 0 spiro atoms. The molecule has 0 saturated heterocycles. The predicted molar refractivity (Wildman–Crippen MR) is 71.1 cm³/mol. The Kier molecular flexibility index (Phi) is 4.09. The Bertz CT molecular complexity index is 574. The predicted octanol–water partition coefficient (Wildman–Crippen LogP) is 2.09. The van der Waals surface area contributed by atoms with Crippen molar-refractivity contribution in [2.45, 2.75) is 13.0 Å². The number of hydrogen-bond acceptors (Lipinski definition) is 4. The van der Waals surface area contributed by atoms with Gasteiger partial charge in [-0.1, -0.05) is 0 Å². The van der Waals surface area contributed by atoms with E-state index >= 15 is 0 Å². The van der Waals surface area contributed by atoms with E-state index < -0.39 is 0 Å². The van der Waals surface area contributed by atoms with E-state index in [1.807, 2.05) is 19.1 Å². The number of nitrogens with one attached hydrogen (secondary N) is 1. The fourth-order valence-corrected chi connectivity index (χ4v) is 2.04. The van der Waals surface area contributed by atoms with Crippen LogP contribution in [0, 0.1) is 12.7 Å². The number of halogens is 1. The lowest BCUT2D eigenvalue weighted by molar-refractivity contribution is 0.402. The summed E-state index contributed by atoms with van der Waals surface area (Å²) in [5.74, 6) is 5.86. The molecule has 19 heavy (non-hydrogen) atoms. The van der Waals surface area contributed by atoms with E-state index in [1.165, 1.54) is 12.1 Å². The average molecular weight is 261 g/mol. The van der Waals surface area contributed by atoms with Gasteiger partial charge in [-0.2, -0.15) is 0 Å². The number of hydrazine groups is 1. The topological polar surface area (TPSA) is 60.2 Å². The van der Waals surface area contributed by atoms with Crippen molar-refractivity contribution in [3.63, 3.8) is 0 Å². The van der Waals surface area contributed by atoms with Crippen molar-refractivity contribution in [1.29, 1.82) is 0 Å². The van der Waals surface area contributed by atoms with Gasteiger partial charge in [0.05, 0.1) is 13.2 Å². The number of pyridine rings is 1. The molecule has 1 unspecified atom stereocenters. The van der Waals surface area contributed by atoms with Crippen LogP contribution in [0.5, 0.6) is 5.75 Å². The summed E-state index contributed by atoms with van der Waals surface area (Å²) >= 11 is 0. The van der Waals surface area contributed by atoms with Crippen molar-refractivity contribution < 1.29 is 9.13 Å². The van der Waals surface area contributed by atoms with Gasteiger partial charge in [0.25, 0.3) is 0 Å². The van der Waals surface area contributed by atoms with E-state index in [0.717, 1.165) is 11.3 Å². The third-order valence-electron chi connectivity index (χ3n) is 2.92. The lowest BCUT2D eigenvalue weighted by atomic mass is 9.98. The second-order valence-corrected chi connectivity index (χ2v) is 4.22. The number of hydrogen-bond donors (Lipinski definition) is 2. The van der Waals surface area contributed by atoms with Crippen LogP contribution in [0.25, 0.3) is 0 Å². The van der Waals surface area contributed by atoms with Gasteiger partial charge < -0.3 is 4.74 Å². The molecule has 2 rings (SSSR count). The van der Waals surface area contributed by atoms with Gasteiger partial charge in [-0.3, -0.25) is 10.8 Å². The van der Waals surface area contributed by atoms with Gasteiger partial charge >= 0.3 is 0 Å². The Hall–Kier alpha value is -1.98. The highest BCUT2D eigenvalue weighted by atomic mass is 19.1. The molecule has 0 saturated carbocycles. The number of nitrogens with two attached hydrogens (primary N) is 1. The van der Waals surface area contributed by atoms with Crippen molar-refractivity contribution in [3.8, 4) is 5.75 Å². The Morgan fingerprint density at radius 2 is 2.11 bits per heavy atom. The van der Waals surface area contributed by atoms with Crippen LogP contribution in [0.1, 0.15) is 22.9 Å². The number of benzene rings is 1. The van der Waals surface area contributed by atoms with Crippen molar-refractivity contribution in [2.75, 3.05) is 7.11 Å². The van der Waals surface area contributed by atoms with E-state index in [2.05, 4.69) is 10.4 Å². The summed E-state index contributed by atoms with van der Waals surface area (Å²) in [4.78, 5) is 4.14. The summed E-state index contributed by atoms with van der Waals surface area (Å²) in [5, 5.41) is 0. The fourth-order valence-electron chi connectivity index (χ4n) is 2.04. The molecule has 0 aliphatic rings. The smallest absolute Gasteiger partial charge is 0.124 e. The highest BCUT2D eigenvalue weighted by Crippen LogP contribution is 2.30. The average Bonchev–Trinajstić information content (AvgIpc) is 2.40. The van der Waals surface area contributed by atoms with Gasteiger partial charge in [0.2, 0.25) is 0 Å². The minimum absolute atomic E-state index is 0.332. The number of rotatable bonds is 4. The monoisotopic (exact) mass is 261 g/mol. The molecule has 0 aliphatic heterocycles. The molecule has 1 heterocycles. The molecule has 1 atom stereocenters. The van der Waals surface area contributed by atoms with Crippen molar-refractivity contribution in [3.05, 3.63) is 59.2 Å². The van der Waals surface area contributed by atoms with Crippen LogP contribution < -0.4 is 16.0 Å². The van der Waals surface area contributed by atoms with Crippen LogP contribution in [0.3, 0.4) is 0 Å². The van der Waals surface area contributed by atoms with Gasteiger partial charge in [-0.05, 0) is 42.8 Å². The van der Waals surface area contributed by atoms with E-state index in [1.54, 1.807) is 19.4 Å². The lowest BCUT2D eigenvalue weighted by Gasteiger charge is -2.19. The zero-order chi connectivity index (χ0) is 13.8. The normalized spacial score (nSPS) is 12.2. The second-order valence-electron chi connectivity index (χ2n) is 4.22. The molecule has 0 aliphatic carbocycles. The molecule has 2 aromatic rings. The lowest BCUT2D eigenvalue weighted by Crippen LogP contribution is -2.29. The Morgan fingerprint density at radius 3 is 2.74 bits per heavy atom. The molecule has 0 bridgehead atoms. The van der Waals surface area contributed by atoms with Crippen LogP contribution in [0.2, 0.25) is 0 Å². The van der Waals surface area contributed by atoms with Crippen LogP contribution in [-0.4, -0.2) is 12.1 Å². The summed E-state index contributed by atoms with van der Waals surface area (Å²) in [5.41, 5.74) is 5.11. The molecule has 0 amide bonds. The molecule has 3 N–H and O–H groups in total. The summed E-state index contributed by atoms with van der Waals surface area (Å²) in [6.45, 7) is 1.89. The van der Waals surface area contributed by atoms with Gasteiger partial charge in [0, 0.05) is 17.5 Å². The third-order valence-corrected chi connectivity index (χ3v) is 2.92. The van der Waals surface area contributed by atoms with Crippen LogP contribution in [0.4, 0.5) is 4.39 Å². The van der Waals surface area contributed by atoms with Gasteiger partial charge in [0.1, 0.15) is 11.6 Å². The third kappa shape index (κ3) is 2.89. The first-order valence-electron chi connectivity index (χ1n) is 5.88. The second kappa shape index (κ2) is 5.77. The number of methoxy groups -OCH3 is 1. The van der Waals surface area contributed by atoms with Crippen LogP contribution in [-0.2, 0) is 0 Å². The molecular formula is C14H16FN3O. The molecular weight excluding hydrogens is 245 g/mol. The summed E-state index contributed by atoms with van der Waals surface area (Å²) in [6, 6.07) is 7.74. The van der Waals surface area contributed by atoms with Gasteiger partial charge in [0.15, 0.2) is 0 Å². The van der Waals surface area contributed by atoms with Crippen molar-refractivity contribution >= 4 is 0 Å². The van der Waals surface area contributed by atoms with Crippen molar-refractivity contribution in [1.82, 2.24) is 10.4 Å². The molecule has 0 fully saturated rings. The Labute approximate surface area is 111 Å². The standard InChI is InChI=1S/C14H16FN3O/c1-9-7-10(5-6-17-9)14(18-16)12-8-11(15)3-4-13(12)19-2/h3-8,14,18H,16H2,1-2H3. The molecule has 5 heteroatoms. The quantitative estimate of drug-likeness (QED) is 0.653. The van der Waals surface area contributed by atoms with Gasteiger partial charge in [-0.25, -0.2) is 9.82 Å². The molecule has 0 radical (unpaired) electrons. The zero-order valence-corrected chi connectivity index (χ0v) is 10.9. The largest absolute Gasteiger partial charge is 0.496 e.